The number of aryl methyl sites for hydroxylation is 1. The molecule has 0 aliphatic rings. The van der Waals surface area contributed by atoms with Crippen molar-refractivity contribution in [1.29, 1.82) is 0 Å². The molecule has 1 nitrogen and oxygen atoms in total. The normalized spacial score (nSPS) is 12.4. The summed E-state index contributed by atoms with van der Waals surface area (Å²) in [6.45, 7) is 4.88. The zero-order valence-corrected chi connectivity index (χ0v) is 13.6. The molecule has 1 N–H and O–H groups in total. The maximum Gasteiger partial charge on any atom is 0.123 e. The van der Waals surface area contributed by atoms with Gasteiger partial charge in [0.1, 0.15) is 5.82 Å². The topological polar surface area (TPSA) is 12.0 Å². The van der Waals surface area contributed by atoms with Crippen molar-refractivity contribution in [3.63, 3.8) is 0 Å². The lowest BCUT2D eigenvalue weighted by Gasteiger charge is -2.22. The van der Waals surface area contributed by atoms with Crippen molar-refractivity contribution < 1.29 is 4.39 Å². The SMILES string of the molecule is CCCNC(c1cc(F)ccc1C)c1ccc(Cl)cc1Cl. The molecule has 1 unspecified atom stereocenters. The van der Waals surface area contributed by atoms with Crippen LogP contribution in [0.2, 0.25) is 10.0 Å². The molecule has 2 aromatic rings. The van der Waals surface area contributed by atoms with Gasteiger partial charge in [-0.05, 0) is 60.8 Å². The number of rotatable bonds is 5. The number of hydrogen-bond donors (Lipinski definition) is 1. The Hall–Kier alpha value is -1.09. The largest absolute Gasteiger partial charge is 0.306 e. The highest BCUT2D eigenvalue weighted by molar-refractivity contribution is 6.35. The van der Waals surface area contributed by atoms with E-state index in [1.54, 1.807) is 24.3 Å². The highest BCUT2D eigenvalue weighted by atomic mass is 35.5. The Labute approximate surface area is 135 Å². The van der Waals surface area contributed by atoms with Crippen molar-refractivity contribution in [2.24, 2.45) is 0 Å². The second kappa shape index (κ2) is 7.26. The highest BCUT2D eigenvalue weighted by Crippen LogP contribution is 2.32. The molecule has 2 aromatic carbocycles. The van der Waals surface area contributed by atoms with E-state index in [-0.39, 0.29) is 11.9 Å². The van der Waals surface area contributed by atoms with Crippen LogP contribution in [0.1, 0.15) is 36.1 Å². The molecule has 0 bridgehead atoms. The van der Waals surface area contributed by atoms with Gasteiger partial charge in [-0.3, -0.25) is 0 Å². The maximum atomic E-state index is 13.6. The van der Waals surface area contributed by atoms with Crippen LogP contribution < -0.4 is 5.32 Å². The minimum absolute atomic E-state index is 0.148. The second-order valence-electron chi connectivity index (χ2n) is 5.05. The Morgan fingerprint density at radius 3 is 2.52 bits per heavy atom. The quantitative estimate of drug-likeness (QED) is 0.762. The zero-order valence-electron chi connectivity index (χ0n) is 12.1. The van der Waals surface area contributed by atoms with Crippen LogP contribution in [-0.4, -0.2) is 6.54 Å². The molecular formula is C17H18Cl2FN. The Balaban J connectivity index is 2.49. The predicted molar refractivity (Wildman–Crippen MR) is 87.7 cm³/mol. The molecule has 0 radical (unpaired) electrons. The smallest absolute Gasteiger partial charge is 0.123 e. The third-order valence-corrected chi connectivity index (χ3v) is 3.99. The third-order valence-electron chi connectivity index (χ3n) is 3.42. The van der Waals surface area contributed by atoms with Gasteiger partial charge in [0.2, 0.25) is 0 Å². The molecule has 0 aliphatic carbocycles. The molecule has 4 heteroatoms. The van der Waals surface area contributed by atoms with E-state index < -0.39 is 0 Å². The number of halogens is 3. The fourth-order valence-electron chi connectivity index (χ4n) is 2.33. The predicted octanol–water partition coefficient (Wildman–Crippen LogP) is 5.53. The van der Waals surface area contributed by atoms with Crippen LogP contribution in [0.15, 0.2) is 36.4 Å². The first-order valence-electron chi connectivity index (χ1n) is 6.97. The molecule has 1 atom stereocenters. The summed E-state index contributed by atoms with van der Waals surface area (Å²) in [4.78, 5) is 0. The summed E-state index contributed by atoms with van der Waals surface area (Å²) in [5, 5.41) is 4.61. The van der Waals surface area contributed by atoms with Gasteiger partial charge in [-0.2, -0.15) is 0 Å². The van der Waals surface area contributed by atoms with Gasteiger partial charge < -0.3 is 5.32 Å². The molecule has 2 rings (SSSR count). The molecule has 0 saturated heterocycles. The van der Waals surface area contributed by atoms with Crippen LogP contribution in [0.4, 0.5) is 4.39 Å². The number of hydrogen-bond acceptors (Lipinski definition) is 1. The molecule has 0 saturated carbocycles. The average molecular weight is 326 g/mol. The first-order chi connectivity index (χ1) is 10.0. The second-order valence-corrected chi connectivity index (χ2v) is 5.90. The fraction of sp³-hybridized carbons (Fsp3) is 0.294. The van der Waals surface area contributed by atoms with Crippen molar-refractivity contribution in [2.45, 2.75) is 26.3 Å². The van der Waals surface area contributed by atoms with Gasteiger partial charge in [0.25, 0.3) is 0 Å². The molecule has 0 heterocycles. The van der Waals surface area contributed by atoms with Crippen molar-refractivity contribution >= 4 is 23.2 Å². The van der Waals surface area contributed by atoms with E-state index in [2.05, 4.69) is 12.2 Å². The van der Waals surface area contributed by atoms with Crippen LogP contribution in [-0.2, 0) is 0 Å². The van der Waals surface area contributed by atoms with Crippen LogP contribution in [0.3, 0.4) is 0 Å². The van der Waals surface area contributed by atoms with Crippen molar-refractivity contribution in [1.82, 2.24) is 5.32 Å². The summed E-state index contributed by atoms with van der Waals surface area (Å²) >= 11 is 12.3. The number of nitrogens with one attached hydrogen (secondary N) is 1. The third kappa shape index (κ3) is 3.97. The lowest BCUT2D eigenvalue weighted by Crippen LogP contribution is -2.24. The Kier molecular flexibility index (Phi) is 5.63. The Morgan fingerprint density at radius 2 is 1.86 bits per heavy atom. The molecule has 0 amide bonds. The summed E-state index contributed by atoms with van der Waals surface area (Å²) in [6.07, 6.45) is 0.982. The molecular weight excluding hydrogens is 308 g/mol. The van der Waals surface area contributed by atoms with Crippen LogP contribution in [0, 0.1) is 12.7 Å². The molecule has 0 spiro atoms. The first-order valence-corrected chi connectivity index (χ1v) is 7.73. The summed E-state index contributed by atoms with van der Waals surface area (Å²) in [6, 6.07) is 10.1. The van der Waals surface area contributed by atoms with Gasteiger partial charge in [-0.15, -0.1) is 0 Å². The average Bonchev–Trinajstić information content (AvgIpc) is 2.44. The van der Waals surface area contributed by atoms with Gasteiger partial charge >= 0.3 is 0 Å². The minimum atomic E-state index is -0.246. The lowest BCUT2D eigenvalue weighted by molar-refractivity contribution is 0.583. The van der Waals surface area contributed by atoms with E-state index in [4.69, 9.17) is 23.2 Å². The molecule has 0 fully saturated rings. The van der Waals surface area contributed by atoms with Crippen LogP contribution >= 0.6 is 23.2 Å². The summed E-state index contributed by atoms with van der Waals surface area (Å²) in [5.74, 6) is -0.246. The monoisotopic (exact) mass is 325 g/mol. The van der Waals surface area contributed by atoms with Gasteiger partial charge in [0.05, 0.1) is 6.04 Å². The van der Waals surface area contributed by atoms with Crippen molar-refractivity contribution in [3.05, 3.63) is 69.0 Å². The maximum absolute atomic E-state index is 13.6. The van der Waals surface area contributed by atoms with E-state index in [9.17, 15) is 4.39 Å². The first kappa shape index (κ1) is 16.3. The standard InChI is InChI=1S/C17H18Cl2FN/c1-3-8-21-17(14-7-5-12(18)9-16(14)19)15-10-13(20)6-4-11(15)2/h4-7,9-10,17,21H,3,8H2,1-2H3. The zero-order chi connectivity index (χ0) is 15.4. The van der Waals surface area contributed by atoms with Gasteiger partial charge in [-0.1, -0.05) is 42.3 Å². The summed E-state index contributed by atoms with van der Waals surface area (Å²) < 4.78 is 13.6. The molecule has 112 valence electrons. The van der Waals surface area contributed by atoms with Crippen molar-refractivity contribution in [2.75, 3.05) is 6.54 Å². The van der Waals surface area contributed by atoms with E-state index in [0.717, 1.165) is 29.7 Å². The minimum Gasteiger partial charge on any atom is -0.306 e. The van der Waals surface area contributed by atoms with Crippen LogP contribution in [0.25, 0.3) is 0 Å². The van der Waals surface area contributed by atoms with Crippen LogP contribution in [0.5, 0.6) is 0 Å². The summed E-state index contributed by atoms with van der Waals surface area (Å²) in [7, 11) is 0. The highest BCUT2D eigenvalue weighted by Gasteiger charge is 2.19. The van der Waals surface area contributed by atoms with E-state index in [1.807, 2.05) is 13.0 Å². The Morgan fingerprint density at radius 1 is 1.10 bits per heavy atom. The lowest BCUT2D eigenvalue weighted by atomic mass is 9.94. The van der Waals surface area contributed by atoms with Crippen molar-refractivity contribution in [3.8, 4) is 0 Å². The number of benzene rings is 2. The van der Waals surface area contributed by atoms with Gasteiger partial charge in [-0.25, -0.2) is 4.39 Å². The van der Waals surface area contributed by atoms with Gasteiger partial charge in [0.15, 0.2) is 0 Å². The van der Waals surface area contributed by atoms with E-state index in [1.165, 1.54) is 6.07 Å². The van der Waals surface area contributed by atoms with E-state index >= 15 is 0 Å². The Bertz CT molecular complexity index is 628. The molecule has 0 aromatic heterocycles. The van der Waals surface area contributed by atoms with E-state index in [0.29, 0.717) is 10.0 Å². The summed E-state index contributed by atoms with van der Waals surface area (Å²) in [5.41, 5.74) is 2.83. The molecule has 0 aliphatic heterocycles. The molecule has 21 heavy (non-hydrogen) atoms. The fourth-order valence-corrected chi connectivity index (χ4v) is 2.85. The van der Waals surface area contributed by atoms with Gasteiger partial charge in [0, 0.05) is 10.0 Å².